The number of carbonyl (C=O) groups excluding carboxylic acids is 1. The molecule has 28 heavy (non-hydrogen) atoms. The van der Waals surface area contributed by atoms with E-state index in [1.165, 1.54) is 0 Å². The maximum Gasteiger partial charge on any atom is 0.262 e. The van der Waals surface area contributed by atoms with Crippen molar-refractivity contribution >= 4 is 48.0 Å². The molecule has 5 heterocycles. The summed E-state index contributed by atoms with van der Waals surface area (Å²) in [4.78, 5) is 34.0. The zero-order valence-electron chi connectivity index (χ0n) is 15.4. The van der Waals surface area contributed by atoms with Crippen molar-refractivity contribution in [2.75, 3.05) is 23.7 Å². The number of aryl methyl sites for hydroxylation is 1. The number of fused-ring (bicyclic) bond motifs is 2. The predicted octanol–water partition coefficient (Wildman–Crippen LogP) is 0.694. The van der Waals surface area contributed by atoms with E-state index in [1.807, 2.05) is 35.0 Å². The molecule has 0 saturated heterocycles. The van der Waals surface area contributed by atoms with Gasteiger partial charge in [-0.2, -0.15) is 0 Å². The fraction of sp³-hybridized carbons (Fsp3) is 0.333. The van der Waals surface area contributed by atoms with E-state index in [9.17, 15) is 4.79 Å². The molecule has 5 rings (SSSR count). The number of hydrogen-bond donors (Lipinski definition) is 1. The van der Waals surface area contributed by atoms with E-state index >= 15 is 0 Å². The highest BCUT2D eigenvalue weighted by atomic mass is 32.2. The second kappa shape index (κ2) is 6.70. The SMILES string of the molecule is [B]c1cn2c(n1)CN(C(=O)C1=CN(c3ncnc4[nH]cc(C)c34)CCS1)CC2. The molecule has 0 aromatic carbocycles. The zero-order chi connectivity index (χ0) is 19.3. The molecular formula is C18H18BN7OS. The minimum absolute atomic E-state index is 0.0265. The molecule has 2 aliphatic heterocycles. The predicted molar refractivity (Wildman–Crippen MR) is 110 cm³/mol. The van der Waals surface area contributed by atoms with Crippen LogP contribution in [0.25, 0.3) is 11.0 Å². The highest BCUT2D eigenvalue weighted by molar-refractivity contribution is 8.04. The molecule has 3 aromatic heterocycles. The lowest BCUT2D eigenvalue weighted by molar-refractivity contribution is -0.127. The fourth-order valence-corrected chi connectivity index (χ4v) is 4.66. The number of aromatic amines is 1. The van der Waals surface area contributed by atoms with Crippen LogP contribution in [0.5, 0.6) is 0 Å². The lowest BCUT2D eigenvalue weighted by Gasteiger charge is -2.31. The first-order valence-electron chi connectivity index (χ1n) is 9.11. The Bertz CT molecular complexity index is 1100. The minimum atomic E-state index is 0.0265. The van der Waals surface area contributed by atoms with Gasteiger partial charge in [-0.05, 0) is 12.5 Å². The Hall–Kier alpha value is -2.75. The van der Waals surface area contributed by atoms with E-state index in [1.54, 1.807) is 18.1 Å². The molecule has 1 N–H and O–H groups in total. The maximum atomic E-state index is 13.1. The normalized spacial score (nSPS) is 17.0. The van der Waals surface area contributed by atoms with Gasteiger partial charge in [0.15, 0.2) is 0 Å². The number of aromatic nitrogens is 5. The summed E-state index contributed by atoms with van der Waals surface area (Å²) in [5.41, 5.74) is 2.39. The van der Waals surface area contributed by atoms with E-state index in [0.29, 0.717) is 25.2 Å². The van der Waals surface area contributed by atoms with E-state index in [4.69, 9.17) is 7.85 Å². The van der Waals surface area contributed by atoms with Gasteiger partial charge in [-0.1, -0.05) is 0 Å². The largest absolute Gasteiger partial charge is 0.346 e. The van der Waals surface area contributed by atoms with Gasteiger partial charge in [0.1, 0.15) is 31.5 Å². The van der Waals surface area contributed by atoms with Crippen molar-refractivity contribution < 1.29 is 4.79 Å². The van der Waals surface area contributed by atoms with Crippen LogP contribution in [-0.4, -0.2) is 62.0 Å². The second-order valence-corrected chi connectivity index (χ2v) is 8.07. The molecule has 0 atom stereocenters. The average Bonchev–Trinajstić information content (AvgIpc) is 3.28. The van der Waals surface area contributed by atoms with Crippen LogP contribution in [0.4, 0.5) is 5.82 Å². The Labute approximate surface area is 167 Å². The van der Waals surface area contributed by atoms with Gasteiger partial charge in [0.05, 0.1) is 16.8 Å². The number of amides is 1. The van der Waals surface area contributed by atoms with Crippen LogP contribution in [0.3, 0.4) is 0 Å². The van der Waals surface area contributed by atoms with E-state index < -0.39 is 0 Å². The Balaban J connectivity index is 1.43. The standard InChI is InChI=1S/C18H18BN7OS/c1-11-6-20-16-15(11)17(22-10-21-16)25-4-5-28-12(7-25)18(27)26-3-2-24-8-13(19)23-14(24)9-26/h6-8,10H,2-5,9H2,1H3,(H,20,21,22). The summed E-state index contributed by atoms with van der Waals surface area (Å²) in [6.07, 6.45) is 7.23. The molecule has 2 radical (unpaired) electrons. The first-order valence-corrected chi connectivity index (χ1v) is 10.1. The summed E-state index contributed by atoms with van der Waals surface area (Å²) in [5.74, 6) is 2.51. The number of nitrogens with one attached hydrogen (secondary N) is 1. The monoisotopic (exact) mass is 391 g/mol. The highest BCUT2D eigenvalue weighted by Gasteiger charge is 2.27. The third kappa shape index (κ3) is 2.88. The van der Waals surface area contributed by atoms with Gasteiger partial charge >= 0.3 is 0 Å². The first kappa shape index (κ1) is 17.4. The number of carbonyl (C=O) groups is 1. The average molecular weight is 391 g/mol. The summed E-state index contributed by atoms with van der Waals surface area (Å²) in [7, 11) is 5.78. The quantitative estimate of drug-likeness (QED) is 0.648. The summed E-state index contributed by atoms with van der Waals surface area (Å²) in [6.45, 7) is 4.65. The number of hydrogen-bond acceptors (Lipinski definition) is 6. The van der Waals surface area contributed by atoms with E-state index in [-0.39, 0.29) is 5.91 Å². The van der Waals surface area contributed by atoms with Crippen molar-refractivity contribution in [3.8, 4) is 0 Å². The van der Waals surface area contributed by atoms with Gasteiger partial charge < -0.3 is 19.4 Å². The van der Waals surface area contributed by atoms with Crippen LogP contribution in [0.1, 0.15) is 11.4 Å². The fourth-order valence-electron chi connectivity index (χ4n) is 3.70. The van der Waals surface area contributed by atoms with Crippen LogP contribution in [0.2, 0.25) is 0 Å². The molecule has 140 valence electrons. The smallest absolute Gasteiger partial charge is 0.262 e. The molecule has 0 spiro atoms. The van der Waals surface area contributed by atoms with Gasteiger partial charge in [-0.15, -0.1) is 11.8 Å². The Morgan fingerprint density at radius 3 is 3.07 bits per heavy atom. The first-order chi connectivity index (χ1) is 13.6. The molecule has 10 heteroatoms. The molecule has 3 aromatic rings. The molecule has 0 saturated carbocycles. The molecule has 0 unspecified atom stereocenters. The van der Waals surface area contributed by atoms with Crippen molar-refractivity contribution in [3.05, 3.63) is 41.2 Å². The van der Waals surface area contributed by atoms with Crippen LogP contribution in [-0.2, 0) is 17.9 Å². The lowest BCUT2D eigenvalue weighted by Crippen LogP contribution is -2.40. The van der Waals surface area contributed by atoms with Gasteiger partial charge in [0.2, 0.25) is 0 Å². The van der Waals surface area contributed by atoms with Gasteiger partial charge in [-0.25, -0.2) is 15.0 Å². The molecule has 2 aliphatic rings. The summed E-state index contributed by atoms with van der Waals surface area (Å²) >= 11 is 1.59. The van der Waals surface area contributed by atoms with E-state index in [0.717, 1.165) is 45.4 Å². The van der Waals surface area contributed by atoms with Crippen molar-refractivity contribution in [3.63, 3.8) is 0 Å². The van der Waals surface area contributed by atoms with Gasteiger partial charge in [-0.3, -0.25) is 4.79 Å². The summed E-state index contributed by atoms with van der Waals surface area (Å²) < 4.78 is 2.01. The Morgan fingerprint density at radius 2 is 2.18 bits per heavy atom. The van der Waals surface area contributed by atoms with Crippen molar-refractivity contribution in [2.45, 2.75) is 20.0 Å². The van der Waals surface area contributed by atoms with Gasteiger partial charge in [0.25, 0.3) is 5.91 Å². The number of anilines is 1. The molecule has 1 amide bonds. The zero-order valence-corrected chi connectivity index (χ0v) is 16.2. The Kier molecular flexibility index (Phi) is 4.15. The van der Waals surface area contributed by atoms with Gasteiger partial charge in [0, 0.05) is 49.6 Å². The number of nitrogens with zero attached hydrogens (tertiary/aromatic N) is 6. The molecule has 0 bridgehead atoms. The number of H-pyrrole nitrogens is 1. The molecule has 8 nitrogen and oxygen atoms in total. The lowest BCUT2D eigenvalue weighted by atomic mass is 10.1. The van der Waals surface area contributed by atoms with Crippen LogP contribution in [0, 0.1) is 6.92 Å². The highest BCUT2D eigenvalue weighted by Crippen LogP contribution is 2.31. The molecule has 0 aliphatic carbocycles. The minimum Gasteiger partial charge on any atom is -0.346 e. The number of imidazole rings is 1. The van der Waals surface area contributed by atoms with Crippen LogP contribution >= 0.6 is 11.8 Å². The number of rotatable bonds is 2. The molecule has 0 fully saturated rings. The Morgan fingerprint density at radius 1 is 1.29 bits per heavy atom. The number of thioether (sulfide) groups is 1. The molecular weight excluding hydrogens is 373 g/mol. The second-order valence-electron chi connectivity index (χ2n) is 6.93. The van der Waals surface area contributed by atoms with Crippen LogP contribution in [0.15, 0.2) is 29.8 Å². The van der Waals surface area contributed by atoms with Crippen LogP contribution < -0.4 is 10.5 Å². The maximum absolute atomic E-state index is 13.1. The van der Waals surface area contributed by atoms with Crippen molar-refractivity contribution in [1.29, 1.82) is 0 Å². The van der Waals surface area contributed by atoms with E-state index in [2.05, 4.69) is 24.8 Å². The summed E-state index contributed by atoms with van der Waals surface area (Å²) in [6, 6.07) is 0. The van der Waals surface area contributed by atoms with Crippen molar-refractivity contribution in [2.24, 2.45) is 0 Å². The van der Waals surface area contributed by atoms with Crippen molar-refractivity contribution in [1.82, 2.24) is 29.4 Å². The third-order valence-electron chi connectivity index (χ3n) is 5.10. The summed E-state index contributed by atoms with van der Waals surface area (Å²) in [5, 5.41) is 0.993. The third-order valence-corrected chi connectivity index (χ3v) is 6.08. The topological polar surface area (TPSA) is 82.9 Å².